The molecule has 0 N–H and O–H groups in total. The van der Waals surface area contributed by atoms with Crippen LogP contribution < -0.4 is 4.74 Å². The molecule has 4 heteroatoms. The van der Waals surface area contributed by atoms with Gasteiger partial charge in [0.05, 0.1) is 12.7 Å². The lowest BCUT2D eigenvalue weighted by Crippen LogP contribution is -2.45. The molecule has 1 aliphatic carbocycles. The van der Waals surface area contributed by atoms with Crippen molar-refractivity contribution in [2.24, 2.45) is 0 Å². The minimum Gasteiger partial charge on any atom is -0.496 e. The van der Waals surface area contributed by atoms with Gasteiger partial charge in [-0.25, -0.2) is 4.79 Å². The summed E-state index contributed by atoms with van der Waals surface area (Å²) in [7, 11) is 3.80. The van der Waals surface area contributed by atoms with Crippen molar-refractivity contribution in [2.45, 2.75) is 37.8 Å². The summed E-state index contributed by atoms with van der Waals surface area (Å²) in [6.45, 7) is 3.12. The van der Waals surface area contributed by atoms with Crippen LogP contribution in [-0.4, -0.2) is 43.7 Å². The van der Waals surface area contributed by atoms with E-state index in [1.807, 2.05) is 13.0 Å². The van der Waals surface area contributed by atoms with Crippen molar-refractivity contribution in [3.05, 3.63) is 40.5 Å². The minimum atomic E-state index is -0.216. The molecular weight excluding hydrogens is 278 g/mol. The number of carbonyl (C=O) groups is 1. The summed E-state index contributed by atoms with van der Waals surface area (Å²) in [6, 6.07) is 4.33. The fourth-order valence-corrected chi connectivity index (χ4v) is 4.30. The monoisotopic (exact) mass is 299 g/mol. The quantitative estimate of drug-likeness (QED) is 0.590. The second kappa shape index (κ2) is 4.85. The molecule has 22 heavy (non-hydrogen) atoms. The van der Waals surface area contributed by atoms with Gasteiger partial charge in [0.2, 0.25) is 0 Å². The molecule has 0 unspecified atom stereocenters. The van der Waals surface area contributed by atoms with Gasteiger partial charge in [-0.05, 0) is 37.6 Å². The minimum absolute atomic E-state index is 0.0397. The van der Waals surface area contributed by atoms with E-state index in [1.54, 1.807) is 7.11 Å². The number of methoxy groups -OCH3 is 1. The van der Waals surface area contributed by atoms with Gasteiger partial charge < -0.3 is 9.47 Å². The molecule has 2 aliphatic heterocycles. The molecule has 0 saturated carbocycles. The van der Waals surface area contributed by atoms with E-state index in [9.17, 15) is 4.79 Å². The van der Waals surface area contributed by atoms with E-state index in [0.29, 0.717) is 11.6 Å². The molecule has 1 aromatic rings. The Balaban J connectivity index is 1.87. The van der Waals surface area contributed by atoms with Crippen LogP contribution >= 0.6 is 0 Å². The Labute approximate surface area is 130 Å². The summed E-state index contributed by atoms with van der Waals surface area (Å²) in [5.41, 5.74) is 4.38. The molecule has 1 saturated heterocycles. The Morgan fingerprint density at radius 1 is 1.36 bits per heavy atom. The highest BCUT2D eigenvalue weighted by molar-refractivity contribution is 5.93. The third-order valence-electron chi connectivity index (χ3n) is 5.37. The van der Waals surface area contributed by atoms with Gasteiger partial charge in [0.1, 0.15) is 11.9 Å². The number of aryl methyl sites for hydroxylation is 1. The number of likely N-dealkylation sites (N-methyl/N-ethyl adjacent to an activating group) is 1. The Hall–Kier alpha value is -1.81. The topological polar surface area (TPSA) is 38.8 Å². The summed E-state index contributed by atoms with van der Waals surface area (Å²) in [4.78, 5) is 14.8. The fourth-order valence-electron chi connectivity index (χ4n) is 4.30. The predicted molar refractivity (Wildman–Crippen MR) is 83.4 cm³/mol. The van der Waals surface area contributed by atoms with E-state index >= 15 is 0 Å². The average molecular weight is 299 g/mol. The first-order valence-electron chi connectivity index (χ1n) is 7.89. The third kappa shape index (κ3) is 1.83. The number of rotatable bonds is 1. The van der Waals surface area contributed by atoms with E-state index in [0.717, 1.165) is 36.3 Å². The molecular formula is C18H21NO3. The summed E-state index contributed by atoms with van der Waals surface area (Å²) >= 11 is 0. The lowest BCUT2D eigenvalue weighted by atomic mass is 9.74. The number of fused-ring (bicyclic) bond motifs is 5. The smallest absolute Gasteiger partial charge is 0.338 e. The first-order valence-corrected chi connectivity index (χ1v) is 7.89. The highest BCUT2D eigenvalue weighted by Gasteiger charge is 2.46. The average Bonchev–Trinajstić information content (AvgIpc) is 2.88. The summed E-state index contributed by atoms with van der Waals surface area (Å²) in [5, 5.41) is 0. The fraction of sp³-hybridized carbons (Fsp3) is 0.500. The van der Waals surface area contributed by atoms with Crippen molar-refractivity contribution in [3.63, 3.8) is 0 Å². The van der Waals surface area contributed by atoms with E-state index in [-0.39, 0.29) is 18.0 Å². The molecule has 3 aliphatic rings. The molecule has 0 spiro atoms. The number of hydrogen-bond acceptors (Lipinski definition) is 4. The number of benzene rings is 1. The number of carbonyl (C=O) groups excluding carboxylic acids is 1. The zero-order chi connectivity index (χ0) is 15.4. The first kappa shape index (κ1) is 13.8. The zero-order valence-corrected chi connectivity index (χ0v) is 13.3. The largest absolute Gasteiger partial charge is 0.496 e. The van der Waals surface area contributed by atoms with Crippen LogP contribution in [-0.2, 0) is 4.74 Å². The molecule has 2 heterocycles. The Bertz CT molecular complexity index is 679. The van der Waals surface area contributed by atoms with E-state index in [4.69, 9.17) is 9.47 Å². The molecule has 0 bridgehead atoms. The number of nitrogens with zero attached hydrogens (tertiary/aromatic N) is 1. The molecule has 4 rings (SSSR count). The van der Waals surface area contributed by atoms with Crippen LogP contribution in [0.5, 0.6) is 5.75 Å². The second-order valence-electron chi connectivity index (χ2n) is 6.57. The van der Waals surface area contributed by atoms with Crippen molar-refractivity contribution in [1.82, 2.24) is 4.90 Å². The molecule has 1 aromatic carbocycles. The highest BCUT2D eigenvalue weighted by Crippen LogP contribution is 2.46. The standard InChI is InChI=1S/C18H21NO3/c1-10-8-12-13(9-15(10)21-3)18(20)22-14-5-4-11-6-7-19(2)17(11)16(12)14/h4,8-9,14,16-17H,5-7H2,1-3H3/t14-,16-,17-/m1/s1. The summed E-state index contributed by atoms with van der Waals surface area (Å²) in [6.07, 6.45) is 4.20. The van der Waals surface area contributed by atoms with Crippen molar-refractivity contribution in [1.29, 1.82) is 0 Å². The van der Waals surface area contributed by atoms with Crippen LogP contribution in [0.3, 0.4) is 0 Å². The van der Waals surface area contributed by atoms with Crippen LogP contribution in [0.4, 0.5) is 0 Å². The maximum atomic E-state index is 12.4. The van der Waals surface area contributed by atoms with Gasteiger partial charge in [-0.3, -0.25) is 4.90 Å². The molecule has 0 aromatic heterocycles. The van der Waals surface area contributed by atoms with Crippen LogP contribution in [0.15, 0.2) is 23.8 Å². The van der Waals surface area contributed by atoms with E-state index in [2.05, 4.69) is 24.1 Å². The van der Waals surface area contributed by atoms with Gasteiger partial charge in [-0.2, -0.15) is 0 Å². The molecule has 116 valence electrons. The SMILES string of the molecule is COc1cc2c(cc1C)[C@H]1[C@H]3C(=CC[C@H]1OC2=O)CCN3C. The molecule has 4 nitrogen and oxygen atoms in total. The van der Waals surface area contributed by atoms with Crippen LogP contribution in [0, 0.1) is 6.92 Å². The predicted octanol–water partition coefficient (Wildman–Crippen LogP) is 2.66. The van der Waals surface area contributed by atoms with Crippen LogP contribution in [0.2, 0.25) is 0 Å². The number of esters is 1. The van der Waals surface area contributed by atoms with Gasteiger partial charge in [-0.1, -0.05) is 17.7 Å². The van der Waals surface area contributed by atoms with Crippen molar-refractivity contribution < 1.29 is 14.3 Å². The maximum Gasteiger partial charge on any atom is 0.338 e. The van der Waals surface area contributed by atoms with E-state index in [1.165, 1.54) is 5.57 Å². The van der Waals surface area contributed by atoms with Crippen LogP contribution in [0.25, 0.3) is 0 Å². The van der Waals surface area contributed by atoms with Gasteiger partial charge in [0.25, 0.3) is 0 Å². The second-order valence-corrected chi connectivity index (χ2v) is 6.57. The van der Waals surface area contributed by atoms with Gasteiger partial charge in [-0.15, -0.1) is 0 Å². The summed E-state index contributed by atoms with van der Waals surface area (Å²) in [5.74, 6) is 0.775. The molecule has 3 atom stereocenters. The first-order chi connectivity index (χ1) is 10.6. The number of ether oxygens (including phenoxy) is 2. The maximum absolute atomic E-state index is 12.4. The molecule has 0 radical (unpaired) electrons. The van der Waals surface area contributed by atoms with Gasteiger partial charge in [0.15, 0.2) is 0 Å². The lowest BCUT2D eigenvalue weighted by molar-refractivity contribution is 0.00911. The van der Waals surface area contributed by atoms with Gasteiger partial charge >= 0.3 is 5.97 Å². The third-order valence-corrected chi connectivity index (χ3v) is 5.37. The lowest BCUT2D eigenvalue weighted by Gasteiger charge is -2.42. The Morgan fingerprint density at radius 2 is 2.18 bits per heavy atom. The number of hydrogen-bond donors (Lipinski definition) is 0. The van der Waals surface area contributed by atoms with Crippen molar-refractivity contribution >= 4 is 5.97 Å². The van der Waals surface area contributed by atoms with Crippen molar-refractivity contribution in [2.75, 3.05) is 20.7 Å². The van der Waals surface area contributed by atoms with E-state index < -0.39 is 0 Å². The number of likely N-dealkylation sites (tertiary alicyclic amines) is 1. The zero-order valence-electron chi connectivity index (χ0n) is 13.3. The Morgan fingerprint density at radius 3 is 2.95 bits per heavy atom. The van der Waals surface area contributed by atoms with Crippen molar-refractivity contribution in [3.8, 4) is 5.75 Å². The molecule has 1 fully saturated rings. The van der Waals surface area contributed by atoms with Crippen LogP contribution in [0.1, 0.15) is 40.2 Å². The molecule has 0 amide bonds. The normalized spacial score (nSPS) is 30.0. The van der Waals surface area contributed by atoms with Gasteiger partial charge in [0, 0.05) is 24.9 Å². The summed E-state index contributed by atoms with van der Waals surface area (Å²) < 4.78 is 11.1. The highest BCUT2D eigenvalue weighted by atomic mass is 16.5. The Kier molecular flexibility index (Phi) is 3.05.